The van der Waals surface area contributed by atoms with Crippen LogP contribution in [0, 0.1) is 13.8 Å². The van der Waals surface area contributed by atoms with Crippen LogP contribution >= 0.6 is 11.3 Å². The van der Waals surface area contributed by atoms with Gasteiger partial charge in [0.25, 0.3) is 5.91 Å². The van der Waals surface area contributed by atoms with Crippen LogP contribution in [0.1, 0.15) is 58.3 Å². The molecule has 1 aromatic heterocycles. The third kappa shape index (κ3) is 4.57. The van der Waals surface area contributed by atoms with Gasteiger partial charge in [-0.2, -0.15) is 0 Å². The smallest absolute Gasteiger partial charge is 0.290 e. The molecule has 3 rings (SSSR count). The van der Waals surface area contributed by atoms with Gasteiger partial charge in [0.05, 0.1) is 27.2 Å². The summed E-state index contributed by atoms with van der Waals surface area (Å²) in [5.74, 6) is -1.29. The van der Waals surface area contributed by atoms with E-state index in [1.54, 1.807) is 11.8 Å². The summed E-state index contributed by atoms with van der Waals surface area (Å²) in [6.07, 6.45) is 0. The minimum Gasteiger partial charge on any atom is -0.503 e. The van der Waals surface area contributed by atoms with E-state index in [1.165, 1.54) is 11.3 Å². The van der Waals surface area contributed by atoms with Gasteiger partial charge in [-0.3, -0.25) is 9.59 Å². The monoisotopic (exact) mass is 441 g/mol. The topological polar surface area (TPSA) is 73.7 Å². The second-order valence-corrected chi connectivity index (χ2v) is 10.5. The number of rotatable bonds is 6. The quantitative estimate of drug-likeness (QED) is 0.680. The lowest BCUT2D eigenvalue weighted by Crippen LogP contribution is -2.36. The predicted octanol–water partition coefficient (Wildman–Crippen LogP) is 4.20. The molecule has 1 N–H and O–H groups in total. The minimum absolute atomic E-state index is 0.0114. The number of aromatic nitrogens is 1. The van der Waals surface area contributed by atoms with Crippen LogP contribution in [0.2, 0.25) is 0 Å². The molecule has 2 aromatic rings. The number of aliphatic hydroxyl groups excluding tert-OH is 1. The van der Waals surface area contributed by atoms with E-state index in [0.717, 1.165) is 16.1 Å². The number of nitrogens with zero attached hydrogens (tertiary/aromatic N) is 3. The third-order valence-electron chi connectivity index (χ3n) is 5.54. The van der Waals surface area contributed by atoms with Gasteiger partial charge in [-0.05, 0) is 44.5 Å². The van der Waals surface area contributed by atoms with E-state index in [2.05, 4.69) is 25.8 Å². The second kappa shape index (κ2) is 8.55. The fourth-order valence-corrected chi connectivity index (χ4v) is 4.67. The fourth-order valence-electron chi connectivity index (χ4n) is 3.80. The SMILES string of the molecule is Cc1nc(C)c(C(=O)C2=C(O)C(=O)N(CCN(C)C)[C@H]2c2ccc(C(C)(C)C)cc2)s1. The van der Waals surface area contributed by atoms with E-state index in [0.29, 0.717) is 23.7 Å². The van der Waals surface area contributed by atoms with Gasteiger partial charge in [0.2, 0.25) is 5.78 Å². The average molecular weight is 442 g/mol. The maximum absolute atomic E-state index is 13.5. The van der Waals surface area contributed by atoms with Crippen molar-refractivity contribution in [2.24, 2.45) is 0 Å². The number of carbonyl (C=O) groups is 2. The summed E-state index contributed by atoms with van der Waals surface area (Å²) < 4.78 is 0. The van der Waals surface area contributed by atoms with Crippen LogP contribution in [-0.4, -0.2) is 58.8 Å². The van der Waals surface area contributed by atoms with E-state index < -0.39 is 17.7 Å². The number of benzene rings is 1. The summed E-state index contributed by atoms with van der Waals surface area (Å²) in [6, 6.07) is 7.35. The second-order valence-electron chi connectivity index (χ2n) is 9.32. The lowest BCUT2D eigenvalue weighted by atomic mass is 9.85. The van der Waals surface area contributed by atoms with Crippen LogP contribution in [0.3, 0.4) is 0 Å². The van der Waals surface area contributed by atoms with Gasteiger partial charge in [-0.1, -0.05) is 45.0 Å². The number of aryl methyl sites for hydroxylation is 2. The molecule has 0 spiro atoms. The van der Waals surface area contributed by atoms with Crippen LogP contribution in [0.15, 0.2) is 35.6 Å². The van der Waals surface area contributed by atoms with Gasteiger partial charge in [-0.25, -0.2) is 4.98 Å². The van der Waals surface area contributed by atoms with Crippen molar-refractivity contribution >= 4 is 23.0 Å². The Morgan fingerprint density at radius 1 is 1.19 bits per heavy atom. The number of hydrogen-bond acceptors (Lipinski definition) is 6. The maximum atomic E-state index is 13.5. The molecule has 0 bridgehead atoms. The molecule has 1 atom stereocenters. The first-order chi connectivity index (χ1) is 14.4. The first-order valence-corrected chi connectivity index (χ1v) is 11.2. The number of likely N-dealkylation sites (N-methyl/N-ethyl adjacent to an activating group) is 1. The Hall–Kier alpha value is -2.51. The zero-order valence-corrected chi connectivity index (χ0v) is 20.1. The lowest BCUT2D eigenvalue weighted by Gasteiger charge is -2.28. The molecule has 0 aliphatic carbocycles. The number of hydrogen-bond donors (Lipinski definition) is 1. The third-order valence-corrected chi connectivity index (χ3v) is 6.61. The number of ketones is 1. The highest BCUT2D eigenvalue weighted by Crippen LogP contribution is 2.40. The highest BCUT2D eigenvalue weighted by Gasteiger charge is 2.44. The number of aliphatic hydroxyl groups is 1. The first kappa shape index (κ1) is 23.2. The molecule has 0 fully saturated rings. The van der Waals surface area contributed by atoms with Gasteiger partial charge < -0.3 is 14.9 Å². The molecule has 6 nitrogen and oxygen atoms in total. The summed E-state index contributed by atoms with van der Waals surface area (Å²) in [5.41, 5.74) is 2.72. The number of amides is 1. The van der Waals surface area contributed by atoms with Gasteiger partial charge in [0.1, 0.15) is 0 Å². The van der Waals surface area contributed by atoms with Gasteiger partial charge >= 0.3 is 0 Å². The van der Waals surface area contributed by atoms with Crippen LogP contribution in [0.5, 0.6) is 0 Å². The standard InChI is InChI=1S/C24H31N3O3S/c1-14-22(31-15(2)25-14)20(28)18-19(16-8-10-17(11-9-16)24(3,4)5)27(13-12-26(6)7)23(30)21(18)29/h8-11,19,29H,12-13H2,1-7H3/t19-/m0/s1. The van der Waals surface area contributed by atoms with Crippen molar-refractivity contribution in [3.63, 3.8) is 0 Å². The zero-order valence-electron chi connectivity index (χ0n) is 19.3. The number of carbonyl (C=O) groups excluding carboxylic acids is 2. The van der Waals surface area contributed by atoms with E-state index in [4.69, 9.17) is 0 Å². The van der Waals surface area contributed by atoms with E-state index in [9.17, 15) is 14.7 Å². The molecular formula is C24H31N3O3S. The molecule has 1 aliphatic rings. The van der Waals surface area contributed by atoms with Gasteiger partial charge in [0, 0.05) is 13.1 Å². The summed E-state index contributed by atoms with van der Waals surface area (Å²) in [7, 11) is 3.85. The fraction of sp³-hybridized carbons (Fsp3) is 0.458. The largest absolute Gasteiger partial charge is 0.503 e. The molecule has 0 saturated carbocycles. The number of Topliss-reactive ketones (excluding diaryl/α,β-unsaturated/α-hetero) is 1. The Bertz CT molecular complexity index is 1030. The summed E-state index contributed by atoms with van der Waals surface area (Å²) in [6.45, 7) is 11.1. The van der Waals surface area contributed by atoms with Crippen molar-refractivity contribution < 1.29 is 14.7 Å². The van der Waals surface area contributed by atoms with E-state index in [1.807, 2.05) is 50.2 Å². The summed E-state index contributed by atoms with van der Waals surface area (Å²) in [5, 5.41) is 11.6. The Morgan fingerprint density at radius 2 is 1.81 bits per heavy atom. The predicted molar refractivity (Wildman–Crippen MR) is 124 cm³/mol. The lowest BCUT2D eigenvalue weighted by molar-refractivity contribution is -0.129. The Kier molecular flexibility index (Phi) is 6.39. The van der Waals surface area contributed by atoms with E-state index >= 15 is 0 Å². The van der Waals surface area contributed by atoms with E-state index in [-0.39, 0.29) is 16.8 Å². The van der Waals surface area contributed by atoms with Crippen molar-refractivity contribution in [3.05, 3.63) is 62.3 Å². The molecule has 0 radical (unpaired) electrons. The molecule has 1 amide bonds. The molecule has 166 valence electrons. The van der Waals surface area contributed by atoms with Crippen LogP contribution < -0.4 is 0 Å². The zero-order chi connectivity index (χ0) is 23.1. The Morgan fingerprint density at radius 3 is 2.29 bits per heavy atom. The van der Waals surface area contributed by atoms with Crippen molar-refractivity contribution in [3.8, 4) is 0 Å². The normalized spacial score (nSPS) is 17.2. The van der Waals surface area contributed by atoms with Crippen molar-refractivity contribution in [1.82, 2.24) is 14.8 Å². The molecule has 1 aromatic carbocycles. The molecule has 31 heavy (non-hydrogen) atoms. The van der Waals surface area contributed by atoms with Gasteiger partial charge in [-0.15, -0.1) is 11.3 Å². The average Bonchev–Trinajstić information content (AvgIpc) is 3.15. The van der Waals surface area contributed by atoms with Crippen molar-refractivity contribution in [2.75, 3.05) is 27.2 Å². The van der Waals surface area contributed by atoms with Gasteiger partial charge in [0.15, 0.2) is 5.76 Å². The Balaban J connectivity index is 2.09. The van der Waals surface area contributed by atoms with Crippen LogP contribution in [0.25, 0.3) is 0 Å². The highest BCUT2D eigenvalue weighted by atomic mass is 32.1. The van der Waals surface area contributed by atoms with Crippen molar-refractivity contribution in [2.45, 2.75) is 46.1 Å². The van der Waals surface area contributed by atoms with Crippen molar-refractivity contribution in [1.29, 1.82) is 0 Å². The van der Waals surface area contributed by atoms with Crippen LogP contribution in [0.4, 0.5) is 0 Å². The Labute approximate surface area is 188 Å². The van der Waals surface area contributed by atoms with Crippen LogP contribution in [-0.2, 0) is 10.2 Å². The maximum Gasteiger partial charge on any atom is 0.290 e. The highest BCUT2D eigenvalue weighted by molar-refractivity contribution is 7.14. The first-order valence-electron chi connectivity index (χ1n) is 10.4. The number of thiazole rings is 1. The molecule has 2 heterocycles. The molecule has 7 heteroatoms. The molecule has 0 unspecified atom stereocenters. The summed E-state index contributed by atoms with van der Waals surface area (Å²) >= 11 is 1.29. The minimum atomic E-state index is -0.629. The molecule has 1 aliphatic heterocycles. The summed E-state index contributed by atoms with van der Waals surface area (Å²) in [4.78, 5) is 34.9. The molecule has 0 saturated heterocycles. The molecular weight excluding hydrogens is 410 g/mol.